The molecule has 2 N–H and O–H groups in total. The van der Waals surface area contributed by atoms with Gasteiger partial charge < -0.3 is 15.4 Å². The van der Waals surface area contributed by atoms with Crippen LogP contribution in [0.3, 0.4) is 0 Å². The molecule has 0 aliphatic heterocycles. The molecule has 2 aromatic rings. The Balaban J connectivity index is 1.77. The van der Waals surface area contributed by atoms with Crippen LogP contribution < -0.4 is 10.6 Å². The first kappa shape index (κ1) is 21.0. The van der Waals surface area contributed by atoms with Gasteiger partial charge in [0.2, 0.25) is 0 Å². The Bertz CT molecular complexity index is 887. The standard InChI is InChI=1S/C18H15Cl3N2O4/c1-10-2-4-12(7-14(10)20)23-16(24)9-27-17(25)8-22-18(26)13-5-3-11(19)6-15(13)21/h2-7H,8-9H2,1H3,(H,22,26)(H,23,24). The quantitative estimate of drug-likeness (QED) is 0.683. The summed E-state index contributed by atoms with van der Waals surface area (Å²) in [4.78, 5) is 35.5. The van der Waals surface area contributed by atoms with Crippen LogP contribution in [0.5, 0.6) is 0 Å². The lowest BCUT2D eigenvalue weighted by molar-refractivity contribution is -0.146. The van der Waals surface area contributed by atoms with E-state index in [0.29, 0.717) is 15.7 Å². The van der Waals surface area contributed by atoms with Crippen molar-refractivity contribution in [2.45, 2.75) is 6.92 Å². The normalized spacial score (nSPS) is 10.2. The molecule has 2 aromatic carbocycles. The van der Waals surface area contributed by atoms with Crippen LogP contribution in [0.4, 0.5) is 5.69 Å². The zero-order valence-electron chi connectivity index (χ0n) is 14.1. The van der Waals surface area contributed by atoms with Crippen LogP contribution in [0.15, 0.2) is 36.4 Å². The van der Waals surface area contributed by atoms with Crippen LogP contribution in [-0.4, -0.2) is 30.9 Å². The minimum Gasteiger partial charge on any atom is -0.454 e. The van der Waals surface area contributed by atoms with Crippen molar-refractivity contribution in [1.29, 1.82) is 0 Å². The number of halogens is 3. The molecule has 0 saturated carbocycles. The van der Waals surface area contributed by atoms with Gasteiger partial charge in [0.05, 0.1) is 10.6 Å². The Kier molecular flexibility index (Phi) is 7.47. The molecule has 0 heterocycles. The largest absolute Gasteiger partial charge is 0.454 e. The summed E-state index contributed by atoms with van der Waals surface area (Å²) in [6.45, 7) is 0.921. The van der Waals surface area contributed by atoms with Gasteiger partial charge in [0.1, 0.15) is 6.54 Å². The Morgan fingerprint density at radius 1 is 1.00 bits per heavy atom. The Morgan fingerprint density at radius 2 is 1.74 bits per heavy atom. The fourth-order valence-corrected chi connectivity index (χ4v) is 2.66. The summed E-state index contributed by atoms with van der Waals surface area (Å²) in [6.07, 6.45) is 0. The third-order valence-corrected chi connectivity index (χ3v) is 4.34. The zero-order valence-corrected chi connectivity index (χ0v) is 16.4. The molecule has 0 unspecified atom stereocenters. The molecular formula is C18H15Cl3N2O4. The monoisotopic (exact) mass is 428 g/mol. The second-order valence-corrected chi connectivity index (χ2v) is 6.73. The second-order valence-electron chi connectivity index (χ2n) is 5.48. The summed E-state index contributed by atoms with van der Waals surface area (Å²) in [6, 6.07) is 9.37. The van der Waals surface area contributed by atoms with E-state index in [9.17, 15) is 14.4 Å². The maximum atomic E-state index is 12.0. The van der Waals surface area contributed by atoms with Crippen molar-refractivity contribution in [3.63, 3.8) is 0 Å². The van der Waals surface area contributed by atoms with Crippen molar-refractivity contribution in [1.82, 2.24) is 5.32 Å². The summed E-state index contributed by atoms with van der Waals surface area (Å²) in [5.41, 5.74) is 1.53. The number of hydrogen-bond donors (Lipinski definition) is 2. The highest BCUT2D eigenvalue weighted by atomic mass is 35.5. The number of esters is 1. The van der Waals surface area contributed by atoms with Crippen molar-refractivity contribution in [3.8, 4) is 0 Å². The Morgan fingerprint density at radius 3 is 2.41 bits per heavy atom. The topological polar surface area (TPSA) is 84.5 Å². The average Bonchev–Trinajstić information content (AvgIpc) is 2.61. The number of carbonyl (C=O) groups is 3. The van der Waals surface area contributed by atoms with E-state index < -0.39 is 30.9 Å². The predicted molar refractivity (Wildman–Crippen MR) is 105 cm³/mol. The van der Waals surface area contributed by atoms with E-state index in [-0.39, 0.29) is 10.6 Å². The Labute approximate surface area is 170 Å². The molecule has 0 spiro atoms. The van der Waals surface area contributed by atoms with Crippen molar-refractivity contribution in [3.05, 3.63) is 62.6 Å². The number of hydrogen-bond acceptors (Lipinski definition) is 4. The van der Waals surface area contributed by atoms with Gasteiger partial charge in [-0.05, 0) is 42.8 Å². The number of anilines is 1. The molecule has 0 bridgehead atoms. The van der Waals surface area contributed by atoms with E-state index >= 15 is 0 Å². The van der Waals surface area contributed by atoms with Gasteiger partial charge in [0.25, 0.3) is 11.8 Å². The van der Waals surface area contributed by atoms with Crippen LogP contribution in [-0.2, 0) is 14.3 Å². The predicted octanol–water partition coefficient (Wildman–Crippen LogP) is 3.87. The van der Waals surface area contributed by atoms with E-state index in [2.05, 4.69) is 10.6 Å². The molecular weight excluding hydrogens is 415 g/mol. The number of amides is 2. The van der Waals surface area contributed by atoms with E-state index in [1.54, 1.807) is 18.2 Å². The lowest BCUT2D eigenvalue weighted by atomic mass is 10.2. The highest BCUT2D eigenvalue weighted by Gasteiger charge is 2.13. The van der Waals surface area contributed by atoms with Crippen LogP contribution in [0.2, 0.25) is 15.1 Å². The molecule has 27 heavy (non-hydrogen) atoms. The van der Waals surface area contributed by atoms with Gasteiger partial charge in [0.15, 0.2) is 6.61 Å². The van der Waals surface area contributed by atoms with Gasteiger partial charge in [0, 0.05) is 15.7 Å². The van der Waals surface area contributed by atoms with E-state index in [1.165, 1.54) is 18.2 Å². The van der Waals surface area contributed by atoms with E-state index in [1.807, 2.05) is 6.92 Å². The third-order valence-electron chi connectivity index (χ3n) is 3.39. The molecule has 0 aromatic heterocycles. The highest BCUT2D eigenvalue weighted by Crippen LogP contribution is 2.21. The number of nitrogens with one attached hydrogen (secondary N) is 2. The summed E-state index contributed by atoms with van der Waals surface area (Å²) in [5, 5.41) is 5.96. The van der Waals surface area contributed by atoms with Gasteiger partial charge >= 0.3 is 5.97 Å². The van der Waals surface area contributed by atoms with Crippen LogP contribution in [0.1, 0.15) is 15.9 Å². The van der Waals surface area contributed by atoms with Crippen molar-refractivity contribution in [2.75, 3.05) is 18.5 Å². The second kappa shape index (κ2) is 9.60. The SMILES string of the molecule is Cc1ccc(NC(=O)COC(=O)CNC(=O)c2ccc(Cl)cc2Cl)cc1Cl. The van der Waals surface area contributed by atoms with Crippen molar-refractivity contribution >= 4 is 58.3 Å². The smallest absolute Gasteiger partial charge is 0.325 e. The van der Waals surface area contributed by atoms with E-state index in [4.69, 9.17) is 39.5 Å². The fraction of sp³-hybridized carbons (Fsp3) is 0.167. The number of carbonyl (C=O) groups excluding carboxylic acids is 3. The van der Waals surface area contributed by atoms with Crippen molar-refractivity contribution in [2.24, 2.45) is 0 Å². The molecule has 142 valence electrons. The molecule has 0 saturated heterocycles. The summed E-state index contributed by atoms with van der Waals surface area (Å²) in [7, 11) is 0. The molecule has 0 aliphatic rings. The molecule has 6 nitrogen and oxygen atoms in total. The molecule has 2 rings (SSSR count). The Hall–Kier alpha value is -2.28. The molecule has 9 heteroatoms. The molecule has 0 aliphatic carbocycles. The number of aryl methyl sites for hydroxylation is 1. The first-order valence-electron chi connectivity index (χ1n) is 7.71. The number of benzene rings is 2. The van der Waals surface area contributed by atoms with Gasteiger partial charge in [-0.2, -0.15) is 0 Å². The van der Waals surface area contributed by atoms with E-state index in [0.717, 1.165) is 5.56 Å². The number of ether oxygens (including phenoxy) is 1. The summed E-state index contributed by atoms with van der Waals surface area (Å²) < 4.78 is 4.81. The highest BCUT2D eigenvalue weighted by molar-refractivity contribution is 6.36. The maximum Gasteiger partial charge on any atom is 0.325 e. The first-order chi connectivity index (χ1) is 12.8. The number of rotatable bonds is 6. The van der Waals surface area contributed by atoms with Crippen LogP contribution in [0.25, 0.3) is 0 Å². The molecule has 2 amide bonds. The minimum absolute atomic E-state index is 0.157. The molecule has 0 atom stereocenters. The van der Waals surface area contributed by atoms with Crippen LogP contribution in [0, 0.1) is 6.92 Å². The first-order valence-corrected chi connectivity index (χ1v) is 8.84. The third kappa shape index (κ3) is 6.43. The lowest BCUT2D eigenvalue weighted by Gasteiger charge is -2.09. The maximum absolute atomic E-state index is 12.0. The minimum atomic E-state index is -0.773. The van der Waals surface area contributed by atoms with Crippen LogP contribution >= 0.6 is 34.8 Å². The fourth-order valence-electron chi connectivity index (χ4n) is 1.99. The average molecular weight is 430 g/mol. The molecule has 0 fully saturated rings. The zero-order chi connectivity index (χ0) is 20.0. The summed E-state index contributed by atoms with van der Waals surface area (Å²) >= 11 is 17.6. The lowest BCUT2D eigenvalue weighted by Crippen LogP contribution is -2.32. The van der Waals surface area contributed by atoms with Gasteiger partial charge in [-0.3, -0.25) is 14.4 Å². The van der Waals surface area contributed by atoms with Gasteiger partial charge in [-0.1, -0.05) is 40.9 Å². The molecule has 0 radical (unpaired) electrons. The van der Waals surface area contributed by atoms with Gasteiger partial charge in [-0.25, -0.2) is 0 Å². The van der Waals surface area contributed by atoms with Crippen molar-refractivity contribution < 1.29 is 19.1 Å². The summed E-state index contributed by atoms with van der Waals surface area (Å²) in [5.74, 6) is -1.87. The van der Waals surface area contributed by atoms with Gasteiger partial charge in [-0.15, -0.1) is 0 Å².